The Balaban J connectivity index is 1.49. The molecule has 0 spiro atoms. The molecule has 1 aliphatic heterocycles. The molecule has 4 rings (SSSR count). The molecule has 0 saturated carbocycles. The van der Waals surface area contributed by atoms with Crippen LogP contribution in [0.5, 0.6) is 11.6 Å². The summed E-state index contributed by atoms with van der Waals surface area (Å²) < 4.78 is 46.6. The molecule has 2 aromatic carbocycles. The van der Waals surface area contributed by atoms with Crippen LogP contribution in [0.2, 0.25) is 5.02 Å². The number of aromatic nitrogens is 2. The number of hydrogen-bond donors (Lipinski definition) is 0. The van der Waals surface area contributed by atoms with E-state index in [-0.39, 0.29) is 27.6 Å². The number of hydrogen-bond acceptors (Lipinski definition) is 6. The Hall–Kier alpha value is -2.75. The number of benzene rings is 2. The SMILES string of the molecule is Cc1ccc(S(=O)(=O)N2CCN(c3cc(Oc4ccc(F)cc4Cl)ncn3)CC2C)cc1. The minimum Gasteiger partial charge on any atom is -0.437 e. The second-order valence-corrected chi connectivity index (χ2v) is 9.91. The van der Waals surface area contributed by atoms with E-state index < -0.39 is 15.8 Å². The summed E-state index contributed by atoms with van der Waals surface area (Å²) in [5.74, 6) is 0.677. The summed E-state index contributed by atoms with van der Waals surface area (Å²) in [4.78, 5) is 10.7. The van der Waals surface area contributed by atoms with Crippen molar-refractivity contribution in [3.63, 3.8) is 0 Å². The highest BCUT2D eigenvalue weighted by Gasteiger charge is 2.34. The second kappa shape index (κ2) is 9.01. The predicted molar refractivity (Wildman–Crippen MR) is 120 cm³/mol. The summed E-state index contributed by atoms with van der Waals surface area (Å²) in [6.45, 7) is 5.03. The van der Waals surface area contributed by atoms with Crippen LogP contribution in [-0.2, 0) is 10.0 Å². The summed E-state index contributed by atoms with van der Waals surface area (Å²) in [5.41, 5.74) is 1.01. The van der Waals surface area contributed by atoms with E-state index in [0.717, 1.165) is 11.6 Å². The van der Waals surface area contributed by atoms with Gasteiger partial charge in [0, 0.05) is 31.7 Å². The molecule has 0 bridgehead atoms. The molecule has 1 saturated heterocycles. The summed E-state index contributed by atoms with van der Waals surface area (Å²) >= 11 is 6.02. The third kappa shape index (κ3) is 4.69. The van der Waals surface area contributed by atoms with Crippen molar-refractivity contribution in [1.82, 2.24) is 14.3 Å². The van der Waals surface area contributed by atoms with Crippen molar-refractivity contribution < 1.29 is 17.5 Å². The van der Waals surface area contributed by atoms with Crippen LogP contribution in [0, 0.1) is 12.7 Å². The van der Waals surface area contributed by atoms with Crippen LogP contribution in [0.1, 0.15) is 12.5 Å². The van der Waals surface area contributed by atoms with Gasteiger partial charge in [-0.2, -0.15) is 4.31 Å². The van der Waals surface area contributed by atoms with Gasteiger partial charge in [0.15, 0.2) is 0 Å². The number of halogens is 2. The number of rotatable bonds is 5. The van der Waals surface area contributed by atoms with Gasteiger partial charge in [0.2, 0.25) is 15.9 Å². The smallest absolute Gasteiger partial charge is 0.243 e. The largest absolute Gasteiger partial charge is 0.437 e. The van der Waals surface area contributed by atoms with Gasteiger partial charge >= 0.3 is 0 Å². The Bertz CT molecular complexity index is 1220. The highest BCUT2D eigenvalue weighted by molar-refractivity contribution is 7.89. The zero-order valence-electron chi connectivity index (χ0n) is 17.6. The standard InChI is InChI=1S/C22H22ClFN4O3S/c1-15-3-6-18(7-4-15)32(29,30)28-10-9-27(13-16(28)2)21-12-22(26-14-25-21)31-20-8-5-17(24)11-19(20)23/h3-8,11-12,14,16H,9-10,13H2,1-2H3. The van der Waals surface area contributed by atoms with E-state index in [9.17, 15) is 12.8 Å². The molecule has 7 nitrogen and oxygen atoms in total. The molecule has 1 aromatic heterocycles. The molecule has 2 heterocycles. The van der Waals surface area contributed by atoms with Crippen LogP contribution in [0.25, 0.3) is 0 Å². The van der Waals surface area contributed by atoms with E-state index in [0.29, 0.717) is 25.5 Å². The molecular formula is C22H22ClFN4O3S. The number of nitrogens with zero attached hydrogens (tertiary/aromatic N) is 4. The normalized spacial score (nSPS) is 17.4. The van der Waals surface area contributed by atoms with Crippen LogP contribution in [0.3, 0.4) is 0 Å². The third-order valence-electron chi connectivity index (χ3n) is 5.25. The maximum atomic E-state index is 13.3. The average molecular weight is 477 g/mol. The van der Waals surface area contributed by atoms with Crippen LogP contribution < -0.4 is 9.64 Å². The minimum absolute atomic E-state index is 0.133. The Labute approximate surface area is 191 Å². The van der Waals surface area contributed by atoms with Crippen LogP contribution in [-0.4, -0.2) is 48.4 Å². The molecule has 0 radical (unpaired) electrons. The lowest BCUT2D eigenvalue weighted by Gasteiger charge is -2.39. The fourth-order valence-electron chi connectivity index (χ4n) is 3.58. The van der Waals surface area contributed by atoms with E-state index in [1.165, 1.54) is 22.8 Å². The van der Waals surface area contributed by atoms with Gasteiger partial charge in [-0.1, -0.05) is 29.3 Å². The van der Waals surface area contributed by atoms with Gasteiger partial charge in [-0.25, -0.2) is 22.8 Å². The molecule has 1 fully saturated rings. The molecule has 1 atom stereocenters. The zero-order valence-corrected chi connectivity index (χ0v) is 19.1. The summed E-state index contributed by atoms with van der Waals surface area (Å²) in [5, 5.41) is 0.133. The van der Waals surface area contributed by atoms with Crippen molar-refractivity contribution in [2.24, 2.45) is 0 Å². The molecule has 3 aromatic rings. The highest BCUT2D eigenvalue weighted by Crippen LogP contribution is 2.30. The first kappa shape index (κ1) is 22.4. The first-order valence-electron chi connectivity index (χ1n) is 10.0. The summed E-state index contributed by atoms with van der Waals surface area (Å²) in [7, 11) is -3.59. The number of ether oxygens (including phenoxy) is 1. The molecule has 0 aliphatic carbocycles. The van der Waals surface area contributed by atoms with E-state index in [2.05, 4.69) is 9.97 Å². The van der Waals surface area contributed by atoms with Gasteiger partial charge in [-0.15, -0.1) is 0 Å². The monoisotopic (exact) mass is 476 g/mol. The van der Waals surface area contributed by atoms with E-state index >= 15 is 0 Å². The maximum absolute atomic E-state index is 13.3. The molecule has 168 valence electrons. The van der Waals surface area contributed by atoms with Crippen molar-refractivity contribution in [2.75, 3.05) is 24.5 Å². The van der Waals surface area contributed by atoms with Crippen LogP contribution in [0.4, 0.5) is 10.2 Å². The second-order valence-electron chi connectivity index (χ2n) is 7.62. The van der Waals surface area contributed by atoms with Crippen molar-refractivity contribution in [1.29, 1.82) is 0 Å². The lowest BCUT2D eigenvalue weighted by atomic mass is 10.2. The molecule has 0 N–H and O–H groups in total. The minimum atomic E-state index is -3.59. The molecule has 32 heavy (non-hydrogen) atoms. The van der Waals surface area contributed by atoms with Gasteiger partial charge in [0.25, 0.3) is 0 Å². The highest BCUT2D eigenvalue weighted by atomic mass is 35.5. The molecule has 10 heteroatoms. The average Bonchev–Trinajstić information content (AvgIpc) is 2.76. The van der Waals surface area contributed by atoms with Gasteiger partial charge in [0.05, 0.1) is 9.92 Å². The maximum Gasteiger partial charge on any atom is 0.243 e. The van der Waals surface area contributed by atoms with Crippen LogP contribution in [0.15, 0.2) is 59.8 Å². The number of anilines is 1. The topological polar surface area (TPSA) is 75.6 Å². The van der Waals surface area contributed by atoms with Crippen LogP contribution >= 0.6 is 11.6 Å². The quantitative estimate of drug-likeness (QED) is 0.547. The lowest BCUT2D eigenvalue weighted by Crippen LogP contribution is -2.54. The van der Waals surface area contributed by atoms with E-state index in [1.54, 1.807) is 30.3 Å². The number of aryl methyl sites for hydroxylation is 1. The van der Waals surface area contributed by atoms with E-state index in [1.807, 2.05) is 18.7 Å². The van der Waals surface area contributed by atoms with Gasteiger partial charge < -0.3 is 9.64 Å². The fraction of sp³-hybridized carbons (Fsp3) is 0.273. The van der Waals surface area contributed by atoms with Gasteiger partial charge in [-0.3, -0.25) is 0 Å². The van der Waals surface area contributed by atoms with Gasteiger partial charge in [-0.05, 0) is 44.2 Å². The number of sulfonamides is 1. The molecule has 1 unspecified atom stereocenters. The lowest BCUT2D eigenvalue weighted by molar-refractivity contribution is 0.305. The summed E-state index contributed by atoms with van der Waals surface area (Å²) in [6, 6.07) is 12.1. The van der Waals surface area contributed by atoms with Crippen molar-refractivity contribution in [2.45, 2.75) is 24.8 Å². The third-order valence-corrected chi connectivity index (χ3v) is 7.58. The Morgan fingerprint density at radius 1 is 1.09 bits per heavy atom. The Morgan fingerprint density at radius 3 is 2.53 bits per heavy atom. The number of piperazine rings is 1. The molecule has 1 aliphatic rings. The van der Waals surface area contributed by atoms with E-state index in [4.69, 9.17) is 16.3 Å². The zero-order chi connectivity index (χ0) is 22.9. The van der Waals surface area contributed by atoms with Crippen molar-refractivity contribution >= 4 is 27.4 Å². The first-order valence-corrected chi connectivity index (χ1v) is 11.8. The predicted octanol–water partition coefficient (Wildman–Crippen LogP) is 4.27. The van der Waals surface area contributed by atoms with Crippen molar-refractivity contribution in [3.8, 4) is 11.6 Å². The fourth-order valence-corrected chi connectivity index (χ4v) is 5.40. The molecule has 0 amide bonds. The first-order chi connectivity index (χ1) is 15.2. The molecular weight excluding hydrogens is 455 g/mol. The van der Waals surface area contributed by atoms with Crippen molar-refractivity contribution in [3.05, 3.63) is 71.3 Å². The Kier molecular flexibility index (Phi) is 6.32. The summed E-state index contributed by atoms with van der Waals surface area (Å²) in [6.07, 6.45) is 1.36. The van der Waals surface area contributed by atoms with Gasteiger partial charge in [0.1, 0.15) is 23.7 Å². The Morgan fingerprint density at radius 2 is 1.84 bits per heavy atom.